The maximum Gasteiger partial charge on any atom is 0.262 e. The maximum atomic E-state index is 12.4. The molecule has 2 heterocycles. The predicted octanol–water partition coefficient (Wildman–Crippen LogP) is -1.06. The summed E-state index contributed by atoms with van der Waals surface area (Å²) >= 11 is 0. The summed E-state index contributed by atoms with van der Waals surface area (Å²) < 4.78 is 27.6. The van der Waals surface area contributed by atoms with Crippen molar-refractivity contribution in [3.63, 3.8) is 0 Å². The first kappa shape index (κ1) is 12.3. The van der Waals surface area contributed by atoms with E-state index in [9.17, 15) is 8.42 Å². The molecule has 1 saturated heterocycles. The molecule has 17 heavy (non-hydrogen) atoms. The molecule has 1 fully saturated rings. The number of hydrogen-bond acceptors (Lipinski definition) is 5. The van der Waals surface area contributed by atoms with Crippen LogP contribution in [0.5, 0.6) is 0 Å². The lowest BCUT2D eigenvalue weighted by molar-refractivity contribution is 0.222. The van der Waals surface area contributed by atoms with Crippen LogP contribution in [0.25, 0.3) is 0 Å². The molecular formula is C9H17N5O2S. The standard InChI is InChI=1S/C9H17N5O2S/c1-12-3-5-14(6-4-12)17(15,16)9-8(10)11-7-13(9)2/h7H,3-6,10H2,1-2H3. The van der Waals surface area contributed by atoms with Crippen LogP contribution in [0.3, 0.4) is 0 Å². The zero-order valence-electron chi connectivity index (χ0n) is 10.00. The van der Waals surface area contributed by atoms with Crippen molar-refractivity contribution >= 4 is 15.8 Å². The number of aromatic nitrogens is 2. The molecule has 0 bridgehead atoms. The van der Waals surface area contributed by atoms with Crippen LogP contribution >= 0.6 is 0 Å². The smallest absolute Gasteiger partial charge is 0.262 e. The van der Waals surface area contributed by atoms with E-state index in [-0.39, 0.29) is 10.8 Å². The Labute approximate surface area is 101 Å². The van der Waals surface area contributed by atoms with E-state index >= 15 is 0 Å². The largest absolute Gasteiger partial charge is 0.381 e. The molecule has 1 aliphatic heterocycles. The molecule has 2 N–H and O–H groups in total. The Hall–Kier alpha value is -1.12. The van der Waals surface area contributed by atoms with Gasteiger partial charge in [0.1, 0.15) is 0 Å². The molecule has 1 aromatic rings. The number of hydrogen-bond donors (Lipinski definition) is 1. The third-order valence-corrected chi connectivity index (χ3v) is 4.99. The lowest BCUT2D eigenvalue weighted by atomic mass is 10.4. The van der Waals surface area contributed by atoms with Crippen LogP contribution in [0.2, 0.25) is 0 Å². The summed E-state index contributed by atoms with van der Waals surface area (Å²) in [5.41, 5.74) is 5.61. The molecule has 0 atom stereocenters. The van der Waals surface area contributed by atoms with Gasteiger partial charge in [-0.25, -0.2) is 13.4 Å². The Balaban J connectivity index is 2.31. The van der Waals surface area contributed by atoms with Crippen molar-refractivity contribution in [2.24, 2.45) is 7.05 Å². The Kier molecular flexibility index (Phi) is 3.11. The van der Waals surface area contributed by atoms with E-state index in [4.69, 9.17) is 5.73 Å². The third kappa shape index (κ3) is 2.15. The van der Waals surface area contributed by atoms with Gasteiger partial charge in [0.25, 0.3) is 10.0 Å². The van der Waals surface area contributed by atoms with Gasteiger partial charge < -0.3 is 15.2 Å². The highest BCUT2D eigenvalue weighted by Gasteiger charge is 2.31. The van der Waals surface area contributed by atoms with Gasteiger partial charge in [-0.05, 0) is 7.05 Å². The molecule has 0 radical (unpaired) electrons. The quantitative estimate of drug-likeness (QED) is 0.731. The highest BCUT2D eigenvalue weighted by molar-refractivity contribution is 7.89. The van der Waals surface area contributed by atoms with Gasteiger partial charge in [0.2, 0.25) is 0 Å². The summed E-state index contributed by atoms with van der Waals surface area (Å²) in [7, 11) is 0.0845. The monoisotopic (exact) mass is 259 g/mol. The topological polar surface area (TPSA) is 84.5 Å². The van der Waals surface area contributed by atoms with Crippen LogP contribution in [0.1, 0.15) is 0 Å². The molecule has 1 aliphatic rings. The van der Waals surface area contributed by atoms with Crippen molar-refractivity contribution in [2.45, 2.75) is 5.03 Å². The van der Waals surface area contributed by atoms with Crippen LogP contribution in [-0.4, -0.2) is 60.4 Å². The molecule has 0 amide bonds. The van der Waals surface area contributed by atoms with Gasteiger partial charge in [-0.15, -0.1) is 0 Å². The highest BCUT2D eigenvalue weighted by atomic mass is 32.2. The van der Waals surface area contributed by atoms with Gasteiger partial charge in [0.05, 0.1) is 6.33 Å². The van der Waals surface area contributed by atoms with Crippen molar-refractivity contribution in [3.05, 3.63) is 6.33 Å². The van der Waals surface area contributed by atoms with E-state index < -0.39 is 10.0 Å². The van der Waals surface area contributed by atoms with Crippen molar-refractivity contribution in [3.8, 4) is 0 Å². The molecule has 0 spiro atoms. The second-order valence-corrected chi connectivity index (χ2v) is 6.11. The molecule has 0 aliphatic carbocycles. The predicted molar refractivity (Wildman–Crippen MR) is 63.9 cm³/mol. The number of nitrogens with zero attached hydrogens (tertiary/aromatic N) is 4. The second kappa shape index (κ2) is 4.28. The molecule has 0 aromatic carbocycles. The van der Waals surface area contributed by atoms with E-state index in [0.29, 0.717) is 13.1 Å². The van der Waals surface area contributed by atoms with Crippen molar-refractivity contribution in [2.75, 3.05) is 39.0 Å². The van der Waals surface area contributed by atoms with Crippen LogP contribution in [0, 0.1) is 0 Å². The summed E-state index contributed by atoms with van der Waals surface area (Å²) in [5, 5.41) is 0.0852. The maximum absolute atomic E-state index is 12.4. The van der Waals surface area contributed by atoms with Crippen LogP contribution < -0.4 is 5.73 Å². The van der Waals surface area contributed by atoms with E-state index in [0.717, 1.165) is 13.1 Å². The number of piperazine rings is 1. The number of nitrogens with two attached hydrogens (primary N) is 1. The van der Waals surface area contributed by atoms with Gasteiger partial charge >= 0.3 is 0 Å². The van der Waals surface area contributed by atoms with Crippen LogP contribution in [-0.2, 0) is 17.1 Å². The lowest BCUT2D eigenvalue weighted by Crippen LogP contribution is -2.47. The molecule has 96 valence electrons. The van der Waals surface area contributed by atoms with Gasteiger partial charge in [0, 0.05) is 33.2 Å². The normalized spacial score (nSPS) is 19.6. The first-order valence-electron chi connectivity index (χ1n) is 5.38. The van der Waals surface area contributed by atoms with E-state index in [2.05, 4.69) is 9.88 Å². The molecule has 0 saturated carbocycles. The number of likely N-dealkylation sites (N-methyl/N-ethyl adjacent to an activating group) is 1. The number of anilines is 1. The van der Waals surface area contributed by atoms with Crippen molar-refractivity contribution in [1.29, 1.82) is 0 Å². The SMILES string of the molecule is CN1CCN(S(=O)(=O)c2c(N)ncn2C)CC1. The molecule has 7 nitrogen and oxygen atoms in total. The van der Waals surface area contributed by atoms with Gasteiger partial charge in [-0.3, -0.25) is 0 Å². The van der Waals surface area contributed by atoms with Crippen molar-refractivity contribution in [1.82, 2.24) is 18.8 Å². The Morgan fingerprint density at radius 2 is 1.82 bits per heavy atom. The number of nitrogen functional groups attached to an aromatic ring is 1. The summed E-state index contributed by atoms with van der Waals surface area (Å²) in [4.78, 5) is 5.91. The minimum atomic E-state index is -3.52. The fourth-order valence-electron chi connectivity index (χ4n) is 1.90. The van der Waals surface area contributed by atoms with E-state index in [1.165, 1.54) is 15.2 Å². The first-order chi connectivity index (χ1) is 7.93. The van der Waals surface area contributed by atoms with Crippen molar-refractivity contribution < 1.29 is 8.42 Å². The molecule has 1 aromatic heterocycles. The zero-order chi connectivity index (χ0) is 12.6. The minimum absolute atomic E-state index is 0.0615. The molecule has 8 heteroatoms. The van der Waals surface area contributed by atoms with Gasteiger partial charge in [-0.1, -0.05) is 0 Å². The summed E-state index contributed by atoms with van der Waals surface area (Å²) in [5.74, 6) is 0.0615. The summed E-state index contributed by atoms with van der Waals surface area (Å²) in [6, 6.07) is 0. The second-order valence-electron chi connectivity index (χ2n) is 4.25. The van der Waals surface area contributed by atoms with Gasteiger partial charge in [-0.2, -0.15) is 4.31 Å². The molecule has 2 rings (SSSR count). The Morgan fingerprint density at radius 1 is 1.24 bits per heavy atom. The van der Waals surface area contributed by atoms with E-state index in [1.807, 2.05) is 7.05 Å². The Morgan fingerprint density at radius 3 is 2.29 bits per heavy atom. The Bertz CT molecular complexity index is 482. The fourth-order valence-corrected chi connectivity index (χ4v) is 3.52. The third-order valence-electron chi connectivity index (χ3n) is 2.96. The lowest BCUT2D eigenvalue weighted by Gasteiger charge is -2.31. The minimum Gasteiger partial charge on any atom is -0.381 e. The van der Waals surface area contributed by atoms with E-state index in [1.54, 1.807) is 7.05 Å². The summed E-state index contributed by atoms with van der Waals surface area (Å²) in [6.07, 6.45) is 1.41. The fraction of sp³-hybridized carbons (Fsp3) is 0.667. The average molecular weight is 259 g/mol. The number of aryl methyl sites for hydroxylation is 1. The molecule has 0 unspecified atom stereocenters. The first-order valence-corrected chi connectivity index (χ1v) is 6.82. The zero-order valence-corrected chi connectivity index (χ0v) is 10.8. The average Bonchev–Trinajstić information content (AvgIpc) is 2.59. The highest BCUT2D eigenvalue weighted by Crippen LogP contribution is 2.21. The van der Waals surface area contributed by atoms with Gasteiger partial charge in [0.15, 0.2) is 10.8 Å². The number of imidazole rings is 1. The molecular weight excluding hydrogens is 242 g/mol. The van der Waals surface area contributed by atoms with Crippen LogP contribution in [0.4, 0.5) is 5.82 Å². The number of rotatable bonds is 2. The summed E-state index contributed by atoms with van der Waals surface area (Å²) in [6.45, 7) is 2.45. The number of sulfonamides is 1. The van der Waals surface area contributed by atoms with Crippen LogP contribution in [0.15, 0.2) is 11.4 Å².